The number of Topliss-reactive ketones (excluding diaryl/α,β-unsaturated/α-hetero) is 1. The molecule has 0 heterocycles. The lowest BCUT2D eigenvalue weighted by Gasteiger charge is -2.41. The lowest BCUT2D eigenvalue weighted by Crippen LogP contribution is -2.49. The number of hydrogen-bond acceptors (Lipinski definition) is 2. The number of benzene rings is 2. The number of carbonyl (C=O) groups is 1. The average molecular weight is 453 g/mol. The van der Waals surface area contributed by atoms with Crippen molar-refractivity contribution in [2.24, 2.45) is 5.41 Å². The first-order chi connectivity index (χ1) is 14.4. The minimum atomic E-state index is -4.68. The second-order valence-electron chi connectivity index (χ2n) is 8.71. The van der Waals surface area contributed by atoms with Gasteiger partial charge < -0.3 is 5.11 Å². The summed E-state index contributed by atoms with van der Waals surface area (Å²) < 4.78 is 53.4. The lowest BCUT2D eigenvalue weighted by atomic mass is 9.68. The molecule has 0 bridgehead atoms. The number of aliphatic hydroxyl groups is 1. The fourth-order valence-corrected chi connectivity index (χ4v) is 4.73. The molecule has 0 aliphatic heterocycles. The molecule has 0 saturated heterocycles. The molecule has 2 aliphatic carbocycles. The Bertz CT molecular complexity index is 1080. The van der Waals surface area contributed by atoms with Crippen molar-refractivity contribution >= 4 is 23.0 Å². The number of carbonyl (C=O) groups excluding carboxylic acids is 1. The Kier molecular flexibility index (Phi) is 5.30. The SMILES string of the molecule is Cc1ccc(-c2ccc(Cl)c(F)c2)cc1C1=CC2(CCC(O)(C(F)(F)F)CC2)CC1=O. The Hall–Kier alpha value is -2.18. The quantitative estimate of drug-likeness (QED) is 0.517. The number of rotatable bonds is 2. The summed E-state index contributed by atoms with van der Waals surface area (Å²) in [4.78, 5) is 12.9. The van der Waals surface area contributed by atoms with Crippen molar-refractivity contribution in [3.05, 3.63) is 64.4 Å². The van der Waals surface area contributed by atoms with E-state index in [0.717, 1.165) is 5.56 Å². The molecule has 0 aromatic heterocycles. The third kappa shape index (κ3) is 3.92. The molecule has 2 aliphatic rings. The van der Waals surface area contributed by atoms with Crippen molar-refractivity contribution in [3.8, 4) is 11.1 Å². The fraction of sp³-hybridized carbons (Fsp3) is 0.375. The Morgan fingerprint density at radius 3 is 2.23 bits per heavy atom. The number of aryl methyl sites for hydroxylation is 1. The van der Waals surface area contributed by atoms with Crippen molar-refractivity contribution in [1.29, 1.82) is 0 Å². The van der Waals surface area contributed by atoms with Crippen LogP contribution in [0.15, 0.2) is 42.5 Å². The van der Waals surface area contributed by atoms with Crippen LogP contribution >= 0.6 is 11.6 Å². The van der Waals surface area contributed by atoms with Gasteiger partial charge in [-0.15, -0.1) is 0 Å². The first kappa shape index (κ1) is 22.0. The van der Waals surface area contributed by atoms with Crippen LogP contribution in [0.25, 0.3) is 16.7 Å². The van der Waals surface area contributed by atoms with Gasteiger partial charge in [0.15, 0.2) is 11.4 Å². The number of ketones is 1. The first-order valence-electron chi connectivity index (χ1n) is 10.0. The van der Waals surface area contributed by atoms with Crippen LogP contribution in [-0.4, -0.2) is 22.7 Å². The molecule has 0 atom stereocenters. The van der Waals surface area contributed by atoms with Crippen LogP contribution < -0.4 is 0 Å². The van der Waals surface area contributed by atoms with Crippen molar-refractivity contribution in [3.63, 3.8) is 0 Å². The summed E-state index contributed by atoms with van der Waals surface area (Å²) >= 11 is 5.76. The van der Waals surface area contributed by atoms with Gasteiger partial charge in [-0.2, -0.15) is 13.2 Å². The van der Waals surface area contributed by atoms with Crippen LogP contribution in [-0.2, 0) is 4.79 Å². The van der Waals surface area contributed by atoms with E-state index in [1.165, 1.54) is 12.1 Å². The lowest BCUT2D eigenvalue weighted by molar-refractivity contribution is -0.274. The van der Waals surface area contributed by atoms with Gasteiger partial charge in [-0.1, -0.05) is 35.9 Å². The molecule has 164 valence electrons. The van der Waals surface area contributed by atoms with Crippen LogP contribution in [0.2, 0.25) is 5.02 Å². The Balaban J connectivity index is 1.67. The molecule has 1 fully saturated rings. The molecule has 1 saturated carbocycles. The molecule has 1 N–H and O–H groups in total. The number of halogens is 5. The molecule has 4 rings (SSSR count). The maximum atomic E-state index is 13.9. The topological polar surface area (TPSA) is 37.3 Å². The highest BCUT2D eigenvalue weighted by Crippen LogP contribution is 2.53. The highest BCUT2D eigenvalue weighted by molar-refractivity contribution is 6.30. The van der Waals surface area contributed by atoms with E-state index in [9.17, 15) is 27.5 Å². The maximum Gasteiger partial charge on any atom is 0.417 e. The van der Waals surface area contributed by atoms with Crippen LogP contribution in [0, 0.1) is 18.2 Å². The molecule has 7 heteroatoms. The Labute approximate surface area is 182 Å². The van der Waals surface area contributed by atoms with E-state index >= 15 is 0 Å². The van der Waals surface area contributed by atoms with E-state index in [4.69, 9.17) is 11.6 Å². The fourth-order valence-electron chi connectivity index (χ4n) is 4.61. The summed E-state index contributed by atoms with van der Waals surface area (Å²) in [5, 5.41) is 9.99. The van der Waals surface area contributed by atoms with E-state index in [0.29, 0.717) is 22.3 Å². The van der Waals surface area contributed by atoms with Gasteiger partial charge in [-0.25, -0.2) is 4.39 Å². The summed E-state index contributed by atoms with van der Waals surface area (Å²) in [5.74, 6) is -0.671. The number of alkyl halides is 3. The average Bonchev–Trinajstić information content (AvgIpc) is 3.02. The Morgan fingerprint density at radius 1 is 1.00 bits per heavy atom. The molecule has 31 heavy (non-hydrogen) atoms. The second kappa shape index (κ2) is 7.45. The number of hydrogen-bond donors (Lipinski definition) is 1. The largest absolute Gasteiger partial charge is 0.417 e. The molecule has 0 amide bonds. The van der Waals surface area contributed by atoms with E-state index in [1.807, 2.05) is 19.1 Å². The minimum absolute atomic E-state index is 0.0165. The van der Waals surface area contributed by atoms with Crippen LogP contribution in [0.1, 0.15) is 43.2 Å². The van der Waals surface area contributed by atoms with Crippen molar-refractivity contribution in [2.45, 2.75) is 50.8 Å². The molecule has 2 aromatic carbocycles. The maximum absolute atomic E-state index is 13.9. The smallest absolute Gasteiger partial charge is 0.380 e. The van der Waals surface area contributed by atoms with Gasteiger partial charge >= 0.3 is 6.18 Å². The minimum Gasteiger partial charge on any atom is -0.380 e. The molecular weight excluding hydrogens is 432 g/mol. The monoisotopic (exact) mass is 452 g/mol. The summed E-state index contributed by atoms with van der Waals surface area (Å²) in [6.07, 6.45) is -3.40. The normalized spacial score (nSPS) is 26.4. The highest BCUT2D eigenvalue weighted by atomic mass is 35.5. The first-order valence-corrected chi connectivity index (χ1v) is 10.4. The van der Waals surface area contributed by atoms with Gasteiger partial charge in [0.25, 0.3) is 0 Å². The third-order valence-electron chi connectivity index (χ3n) is 6.64. The van der Waals surface area contributed by atoms with E-state index in [2.05, 4.69) is 0 Å². The predicted octanol–water partition coefficient (Wildman–Crippen LogP) is 6.66. The molecule has 1 spiro atoms. The van der Waals surface area contributed by atoms with Crippen molar-refractivity contribution in [2.75, 3.05) is 0 Å². The Morgan fingerprint density at radius 2 is 1.61 bits per heavy atom. The second-order valence-corrected chi connectivity index (χ2v) is 9.12. The standard InChI is InChI=1S/C24H21ClF4O2/c1-14-2-3-15(16-4-5-19(25)20(26)11-16)10-17(14)18-12-22(13-21(18)30)6-8-23(31,9-7-22)24(27,28)29/h2-5,10-12,31H,6-9,13H2,1H3. The molecular formula is C24H21ClF4O2. The van der Waals surface area contributed by atoms with Gasteiger partial charge in [0.2, 0.25) is 0 Å². The van der Waals surface area contributed by atoms with Crippen molar-refractivity contribution < 1.29 is 27.5 Å². The van der Waals surface area contributed by atoms with Gasteiger partial charge in [-0.3, -0.25) is 4.79 Å². The summed E-state index contributed by atoms with van der Waals surface area (Å²) in [6.45, 7) is 1.85. The van der Waals surface area contributed by atoms with Crippen LogP contribution in [0.4, 0.5) is 17.6 Å². The van der Waals surface area contributed by atoms with Crippen LogP contribution in [0.3, 0.4) is 0 Å². The summed E-state index contributed by atoms with van der Waals surface area (Å²) in [5.41, 5.74) is -0.0294. The van der Waals surface area contributed by atoms with Crippen LogP contribution in [0.5, 0.6) is 0 Å². The van der Waals surface area contributed by atoms with Gasteiger partial charge in [0.1, 0.15) is 5.82 Å². The van der Waals surface area contributed by atoms with Gasteiger partial charge in [0, 0.05) is 12.0 Å². The molecule has 0 radical (unpaired) electrons. The summed E-state index contributed by atoms with van der Waals surface area (Å²) in [6, 6.07) is 9.93. The van der Waals surface area contributed by atoms with Gasteiger partial charge in [-0.05, 0) is 78.5 Å². The zero-order valence-corrected chi connectivity index (χ0v) is 17.6. The zero-order chi connectivity index (χ0) is 22.6. The molecule has 2 nitrogen and oxygen atoms in total. The van der Waals surface area contributed by atoms with E-state index in [-0.39, 0.29) is 30.1 Å². The van der Waals surface area contributed by atoms with E-state index < -0.39 is 35.9 Å². The molecule has 2 aromatic rings. The number of allylic oxidation sites excluding steroid dienone is 2. The molecule has 0 unspecified atom stereocenters. The predicted molar refractivity (Wildman–Crippen MR) is 111 cm³/mol. The van der Waals surface area contributed by atoms with Crippen molar-refractivity contribution in [1.82, 2.24) is 0 Å². The summed E-state index contributed by atoms with van der Waals surface area (Å²) in [7, 11) is 0. The zero-order valence-electron chi connectivity index (χ0n) is 16.8. The third-order valence-corrected chi connectivity index (χ3v) is 6.95. The van der Waals surface area contributed by atoms with E-state index in [1.54, 1.807) is 18.2 Å². The highest BCUT2D eigenvalue weighted by Gasteiger charge is 2.57. The van der Waals surface area contributed by atoms with Gasteiger partial charge in [0.05, 0.1) is 5.02 Å².